The van der Waals surface area contributed by atoms with E-state index in [0.29, 0.717) is 31.1 Å². The van der Waals surface area contributed by atoms with E-state index in [1.807, 2.05) is 18.2 Å². The highest BCUT2D eigenvalue weighted by atomic mass is 32.2. The van der Waals surface area contributed by atoms with Gasteiger partial charge in [0.05, 0.1) is 12.0 Å². The van der Waals surface area contributed by atoms with Crippen molar-refractivity contribution in [3.05, 3.63) is 59.4 Å². The van der Waals surface area contributed by atoms with Gasteiger partial charge < -0.3 is 10.1 Å². The van der Waals surface area contributed by atoms with E-state index in [2.05, 4.69) is 5.32 Å². The fourth-order valence-corrected chi connectivity index (χ4v) is 4.72. The number of halogens is 1. The van der Waals surface area contributed by atoms with Crippen LogP contribution in [0.2, 0.25) is 0 Å². The zero-order chi connectivity index (χ0) is 19.3. The van der Waals surface area contributed by atoms with Crippen LogP contribution in [0.1, 0.15) is 30.4 Å². The summed E-state index contributed by atoms with van der Waals surface area (Å²) in [7, 11) is -1.96. The van der Waals surface area contributed by atoms with Gasteiger partial charge in [-0.2, -0.15) is 4.31 Å². The molecule has 146 valence electrons. The Bertz CT molecular complexity index is 863. The molecule has 1 fully saturated rings. The molecule has 0 aliphatic carbocycles. The molecule has 27 heavy (non-hydrogen) atoms. The molecular weight excluding hydrogens is 367 g/mol. The van der Waals surface area contributed by atoms with Crippen molar-refractivity contribution in [2.24, 2.45) is 0 Å². The van der Waals surface area contributed by atoms with Crippen LogP contribution in [-0.2, 0) is 23.1 Å². The Morgan fingerprint density at radius 3 is 2.26 bits per heavy atom. The molecule has 1 aliphatic heterocycles. The van der Waals surface area contributed by atoms with Crippen LogP contribution in [0.5, 0.6) is 5.75 Å². The van der Waals surface area contributed by atoms with E-state index in [9.17, 15) is 12.8 Å². The SMILES string of the molecule is COc1ccc(CNCc2ccc(S(=O)(=O)N3CCCCC3)cc2)cc1F. The van der Waals surface area contributed by atoms with Gasteiger partial charge in [-0.25, -0.2) is 12.8 Å². The maximum Gasteiger partial charge on any atom is 0.243 e. The van der Waals surface area contributed by atoms with Crippen molar-refractivity contribution in [2.75, 3.05) is 20.2 Å². The highest BCUT2D eigenvalue weighted by molar-refractivity contribution is 7.89. The first-order chi connectivity index (χ1) is 13.0. The molecule has 0 amide bonds. The molecule has 1 heterocycles. The van der Waals surface area contributed by atoms with Crippen LogP contribution < -0.4 is 10.1 Å². The second kappa shape index (κ2) is 8.82. The number of hydrogen-bond donors (Lipinski definition) is 1. The van der Waals surface area contributed by atoms with Crippen LogP contribution in [0.25, 0.3) is 0 Å². The Hall–Kier alpha value is -1.96. The zero-order valence-corrected chi connectivity index (χ0v) is 16.3. The van der Waals surface area contributed by atoms with Crippen molar-refractivity contribution in [1.82, 2.24) is 9.62 Å². The number of benzene rings is 2. The van der Waals surface area contributed by atoms with Crippen LogP contribution >= 0.6 is 0 Å². The standard InChI is InChI=1S/C20H25FN2O3S/c1-26-20-10-7-17(13-19(20)21)15-22-14-16-5-8-18(9-6-16)27(24,25)23-11-3-2-4-12-23/h5-10,13,22H,2-4,11-12,14-15H2,1H3. The number of sulfonamides is 1. The quantitative estimate of drug-likeness (QED) is 0.786. The van der Waals surface area contributed by atoms with E-state index in [1.165, 1.54) is 13.2 Å². The predicted molar refractivity (Wildman–Crippen MR) is 103 cm³/mol. The molecule has 0 atom stereocenters. The Morgan fingerprint density at radius 2 is 1.63 bits per heavy atom. The van der Waals surface area contributed by atoms with Crippen molar-refractivity contribution in [3.63, 3.8) is 0 Å². The summed E-state index contributed by atoms with van der Waals surface area (Å²) in [5.41, 5.74) is 1.79. The molecular formula is C20H25FN2O3S. The maximum absolute atomic E-state index is 13.7. The first kappa shape index (κ1) is 19.8. The van der Waals surface area contributed by atoms with Gasteiger partial charge in [-0.1, -0.05) is 24.6 Å². The van der Waals surface area contributed by atoms with Gasteiger partial charge in [-0.05, 0) is 48.2 Å². The fraction of sp³-hybridized carbons (Fsp3) is 0.400. The summed E-state index contributed by atoms with van der Waals surface area (Å²) in [6, 6.07) is 11.8. The molecule has 0 spiro atoms. The topological polar surface area (TPSA) is 58.6 Å². The van der Waals surface area contributed by atoms with Gasteiger partial charge in [-0.15, -0.1) is 0 Å². The molecule has 0 unspecified atom stereocenters. The molecule has 2 aromatic rings. The van der Waals surface area contributed by atoms with Crippen LogP contribution in [0.15, 0.2) is 47.4 Å². The largest absolute Gasteiger partial charge is 0.494 e. The molecule has 0 radical (unpaired) electrons. The highest BCUT2D eigenvalue weighted by Gasteiger charge is 2.25. The maximum atomic E-state index is 13.7. The predicted octanol–water partition coefficient (Wildman–Crippen LogP) is 3.30. The Labute approximate surface area is 160 Å². The van der Waals surface area contributed by atoms with E-state index in [1.54, 1.807) is 22.5 Å². The Balaban J connectivity index is 1.57. The van der Waals surface area contributed by atoms with Crippen molar-refractivity contribution >= 4 is 10.0 Å². The number of methoxy groups -OCH3 is 1. The molecule has 1 aliphatic rings. The van der Waals surface area contributed by atoms with E-state index >= 15 is 0 Å². The molecule has 0 saturated carbocycles. The smallest absolute Gasteiger partial charge is 0.243 e. The lowest BCUT2D eigenvalue weighted by atomic mass is 10.2. The lowest BCUT2D eigenvalue weighted by Gasteiger charge is -2.25. The van der Waals surface area contributed by atoms with Crippen molar-refractivity contribution in [1.29, 1.82) is 0 Å². The molecule has 2 aromatic carbocycles. The number of ether oxygens (including phenoxy) is 1. The average molecular weight is 392 g/mol. The summed E-state index contributed by atoms with van der Waals surface area (Å²) in [4.78, 5) is 0.338. The molecule has 1 saturated heterocycles. The third kappa shape index (κ3) is 4.86. The summed E-state index contributed by atoms with van der Waals surface area (Å²) in [6.45, 7) is 2.28. The van der Waals surface area contributed by atoms with E-state index in [-0.39, 0.29) is 11.6 Å². The summed E-state index contributed by atoms with van der Waals surface area (Å²) in [5.74, 6) is -0.159. The summed E-state index contributed by atoms with van der Waals surface area (Å²) >= 11 is 0. The molecule has 0 aromatic heterocycles. The van der Waals surface area contributed by atoms with E-state index < -0.39 is 10.0 Å². The molecule has 7 heteroatoms. The van der Waals surface area contributed by atoms with Crippen LogP contribution in [0, 0.1) is 5.82 Å². The van der Waals surface area contributed by atoms with Crippen LogP contribution in [0.4, 0.5) is 4.39 Å². The Kier molecular flexibility index (Phi) is 6.46. The summed E-state index contributed by atoms with van der Waals surface area (Å²) in [6.07, 6.45) is 2.94. The lowest BCUT2D eigenvalue weighted by Crippen LogP contribution is -2.35. The van der Waals surface area contributed by atoms with Crippen molar-refractivity contribution in [3.8, 4) is 5.75 Å². The summed E-state index contributed by atoms with van der Waals surface area (Å²) < 4.78 is 45.5. The summed E-state index contributed by atoms with van der Waals surface area (Å²) in [5, 5.41) is 3.24. The fourth-order valence-electron chi connectivity index (χ4n) is 3.20. The molecule has 3 rings (SSSR count). The first-order valence-electron chi connectivity index (χ1n) is 9.13. The van der Waals surface area contributed by atoms with E-state index in [4.69, 9.17) is 4.74 Å². The van der Waals surface area contributed by atoms with Gasteiger partial charge in [-0.3, -0.25) is 0 Å². The number of hydrogen-bond acceptors (Lipinski definition) is 4. The van der Waals surface area contributed by atoms with Crippen molar-refractivity contribution < 1.29 is 17.5 Å². The minimum atomic E-state index is -3.39. The van der Waals surface area contributed by atoms with Crippen LogP contribution in [-0.4, -0.2) is 32.9 Å². The monoisotopic (exact) mass is 392 g/mol. The second-order valence-electron chi connectivity index (χ2n) is 6.68. The van der Waals surface area contributed by atoms with Crippen LogP contribution in [0.3, 0.4) is 0 Å². The number of piperidine rings is 1. The molecule has 0 bridgehead atoms. The normalized spacial score (nSPS) is 15.6. The molecule has 5 nitrogen and oxygen atoms in total. The minimum absolute atomic E-state index is 0.226. The lowest BCUT2D eigenvalue weighted by molar-refractivity contribution is 0.346. The number of rotatable bonds is 7. The minimum Gasteiger partial charge on any atom is -0.494 e. The van der Waals surface area contributed by atoms with Crippen molar-refractivity contribution in [2.45, 2.75) is 37.2 Å². The third-order valence-corrected chi connectivity index (χ3v) is 6.66. The highest BCUT2D eigenvalue weighted by Crippen LogP contribution is 2.21. The molecule has 1 N–H and O–H groups in total. The van der Waals surface area contributed by atoms with E-state index in [0.717, 1.165) is 30.4 Å². The Morgan fingerprint density at radius 1 is 1.00 bits per heavy atom. The zero-order valence-electron chi connectivity index (χ0n) is 15.4. The van der Waals surface area contributed by atoms with Gasteiger partial charge in [0.2, 0.25) is 10.0 Å². The second-order valence-corrected chi connectivity index (χ2v) is 8.62. The average Bonchev–Trinajstić information content (AvgIpc) is 2.69. The van der Waals surface area contributed by atoms with Gasteiger partial charge >= 0.3 is 0 Å². The third-order valence-electron chi connectivity index (χ3n) is 4.75. The van der Waals surface area contributed by atoms with Gasteiger partial charge in [0.25, 0.3) is 0 Å². The van der Waals surface area contributed by atoms with Gasteiger partial charge in [0.15, 0.2) is 11.6 Å². The van der Waals surface area contributed by atoms with Gasteiger partial charge in [0, 0.05) is 26.2 Å². The number of nitrogens with one attached hydrogen (secondary N) is 1. The first-order valence-corrected chi connectivity index (χ1v) is 10.6. The number of nitrogens with zero attached hydrogens (tertiary/aromatic N) is 1. The van der Waals surface area contributed by atoms with Gasteiger partial charge in [0.1, 0.15) is 0 Å².